The van der Waals surface area contributed by atoms with E-state index in [2.05, 4.69) is 9.82 Å². The molecule has 150 valence electrons. The standard InChI is InChI=1S/C19H23N3O4S2/c1-3-27(23,24)21-17-13-9-8-12-16(17)18-14-19(15-10-6-5-7-11-15)22(20-18)28(25,26)4-2/h5-13,19,21H,3-4,14H2,1-2H3/t19-/m0/s1. The summed E-state index contributed by atoms with van der Waals surface area (Å²) in [5.74, 6) is -0.131. The van der Waals surface area contributed by atoms with Gasteiger partial charge in [-0.1, -0.05) is 48.5 Å². The van der Waals surface area contributed by atoms with Crippen molar-refractivity contribution in [3.05, 3.63) is 65.7 Å². The first-order valence-corrected chi connectivity index (χ1v) is 12.3. The quantitative estimate of drug-likeness (QED) is 0.743. The summed E-state index contributed by atoms with van der Waals surface area (Å²) in [5.41, 5.74) is 2.34. The van der Waals surface area contributed by atoms with Crippen LogP contribution in [0.25, 0.3) is 0 Å². The maximum absolute atomic E-state index is 12.6. The number of rotatable bonds is 7. The fraction of sp³-hybridized carbons (Fsp3) is 0.316. The number of hydrogen-bond acceptors (Lipinski definition) is 5. The molecular formula is C19H23N3O4S2. The average Bonchev–Trinajstić information content (AvgIpc) is 3.15. The van der Waals surface area contributed by atoms with E-state index in [1.165, 1.54) is 0 Å². The zero-order valence-corrected chi connectivity index (χ0v) is 17.4. The van der Waals surface area contributed by atoms with Crippen LogP contribution in [-0.2, 0) is 20.0 Å². The number of hydrogen-bond donors (Lipinski definition) is 1. The van der Waals surface area contributed by atoms with Crippen molar-refractivity contribution in [2.45, 2.75) is 26.3 Å². The highest BCUT2D eigenvalue weighted by Gasteiger charge is 2.36. The fourth-order valence-electron chi connectivity index (χ4n) is 3.03. The van der Waals surface area contributed by atoms with E-state index in [9.17, 15) is 16.8 Å². The SMILES string of the molecule is CCS(=O)(=O)Nc1ccccc1C1=NN(S(=O)(=O)CC)[C@H](c2ccccc2)C1. The second-order valence-electron chi connectivity index (χ2n) is 6.40. The largest absolute Gasteiger partial charge is 0.283 e. The van der Waals surface area contributed by atoms with Crippen molar-refractivity contribution in [3.8, 4) is 0 Å². The summed E-state index contributed by atoms with van der Waals surface area (Å²) >= 11 is 0. The molecule has 28 heavy (non-hydrogen) atoms. The summed E-state index contributed by atoms with van der Waals surface area (Å²) in [6.45, 7) is 3.13. The van der Waals surface area contributed by atoms with Gasteiger partial charge in [0.05, 0.1) is 28.9 Å². The molecule has 3 rings (SSSR count). The summed E-state index contributed by atoms with van der Waals surface area (Å²) in [6, 6.07) is 15.7. The van der Waals surface area contributed by atoms with Gasteiger partial charge in [-0.3, -0.25) is 4.72 Å². The van der Waals surface area contributed by atoms with Gasteiger partial charge in [-0.25, -0.2) is 16.8 Å². The molecule has 1 aliphatic heterocycles. The summed E-state index contributed by atoms with van der Waals surface area (Å²) in [5, 5.41) is 4.40. The third-order valence-corrected chi connectivity index (χ3v) is 7.52. The third kappa shape index (κ3) is 4.20. The first-order valence-electron chi connectivity index (χ1n) is 9.02. The number of nitrogens with zero attached hydrogens (tertiary/aromatic N) is 2. The van der Waals surface area contributed by atoms with Crippen LogP contribution >= 0.6 is 0 Å². The lowest BCUT2D eigenvalue weighted by molar-refractivity contribution is 0.372. The molecule has 2 aromatic rings. The van der Waals surface area contributed by atoms with Crippen LogP contribution in [0.5, 0.6) is 0 Å². The van der Waals surface area contributed by atoms with Crippen LogP contribution in [0.4, 0.5) is 5.69 Å². The second kappa shape index (κ2) is 7.92. The van der Waals surface area contributed by atoms with E-state index in [0.717, 1.165) is 9.98 Å². The number of benzene rings is 2. The first-order chi connectivity index (χ1) is 13.3. The molecule has 0 fully saturated rings. The lowest BCUT2D eigenvalue weighted by atomic mass is 9.98. The molecule has 2 aromatic carbocycles. The van der Waals surface area contributed by atoms with E-state index >= 15 is 0 Å². The van der Waals surface area contributed by atoms with Gasteiger partial charge in [-0.15, -0.1) is 0 Å². The van der Waals surface area contributed by atoms with Crippen molar-refractivity contribution in [1.82, 2.24) is 4.41 Å². The Morgan fingerprint density at radius 2 is 1.61 bits per heavy atom. The Labute approximate surface area is 166 Å². The van der Waals surface area contributed by atoms with E-state index in [4.69, 9.17) is 0 Å². The molecule has 1 atom stereocenters. The Balaban J connectivity index is 2.05. The molecule has 7 nitrogen and oxygen atoms in total. The van der Waals surface area contributed by atoms with Gasteiger partial charge in [0.15, 0.2) is 0 Å². The van der Waals surface area contributed by atoms with Crippen molar-refractivity contribution >= 4 is 31.4 Å². The Kier molecular flexibility index (Phi) is 5.76. The van der Waals surface area contributed by atoms with Gasteiger partial charge in [-0.05, 0) is 25.5 Å². The van der Waals surface area contributed by atoms with Crippen LogP contribution in [0, 0.1) is 0 Å². The van der Waals surface area contributed by atoms with Gasteiger partial charge >= 0.3 is 0 Å². The van der Waals surface area contributed by atoms with Crippen LogP contribution in [0.15, 0.2) is 59.7 Å². The van der Waals surface area contributed by atoms with E-state index in [-0.39, 0.29) is 11.5 Å². The Morgan fingerprint density at radius 1 is 0.964 bits per heavy atom. The molecule has 0 saturated heterocycles. The second-order valence-corrected chi connectivity index (χ2v) is 10.5. The minimum Gasteiger partial charge on any atom is -0.283 e. The summed E-state index contributed by atoms with van der Waals surface area (Å²) in [7, 11) is -7.06. The van der Waals surface area contributed by atoms with Crippen LogP contribution < -0.4 is 4.72 Å². The molecule has 0 saturated carbocycles. The molecule has 0 aliphatic carbocycles. The zero-order valence-electron chi connectivity index (χ0n) is 15.7. The lowest BCUT2D eigenvalue weighted by Gasteiger charge is -2.22. The highest BCUT2D eigenvalue weighted by molar-refractivity contribution is 7.92. The Hall–Kier alpha value is -2.39. The molecule has 0 aromatic heterocycles. The molecule has 1 heterocycles. The van der Waals surface area contributed by atoms with Gasteiger partial charge in [-0.2, -0.15) is 9.52 Å². The van der Waals surface area contributed by atoms with Gasteiger partial charge in [0.2, 0.25) is 20.0 Å². The predicted molar refractivity (Wildman–Crippen MR) is 111 cm³/mol. The minimum atomic E-state index is -3.58. The maximum Gasteiger partial charge on any atom is 0.250 e. The predicted octanol–water partition coefficient (Wildman–Crippen LogP) is 2.95. The van der Waals surface area contributed by atoms with Crippen molar-refractivity contribution in [1.29, 1.82) is 0 Å². The van der Waals surface area contributed by atoms with Gasteiger partial charge in [0.1, 0.15) is 0 Å². The van der Waals surface area contributed by atoms with Crippen LogP contribution in [-0.4, -0.2) is 38.5 Å². The van der Waals surface area contributed by atoms with Gasteiger partial charge in [0, 0.05) is 12.0 Å². The number of nitrogens with one attached hydrogen (secondary N) is 1. The van der Waals surface area contributed by atoms with Crippen molar-refractivity contribution in [2.24, 2.45) is 5.10 Å². The average molecular weight is 422 g/mol. The summed E-state index contributed by atoms with van der Waals surface area (Å²) in [6.07, 6.45) is 0.355. The van der Waals surface area contributed by atoms with E-state index in [1.807, 2.05) is 30.3 Å². The Morgan fingerprint density at radius 3 is 2.25 bits per heavy atom. The topological polar surface area (TPSA) is 95.9 Å². The summed E-state index contributed by atoms with van der Waals surface area (Å²) in [4.78, 5) is 0. The third-order valence-electron chi connectivity index (χ3n) is 4.59. The molecular weight excluding hydrogens is 398 g/mol. The molecule has 1 N–H and O–H groups in total. The molecule has 1 aliphatic rings. The fourth-order valence-corrected chi connectivity index (χ4v) is 4.76. The molecule has 0 radical (unpaired) electrons. The monoisotopic (exact) mass is 421 g/mol. The van der Waals surface area contributed by atoms with Crippen LogP contribution in [0.2, 0.25) is 0 Å². The maximum atomic E-state index is 12.6. The van der Waals surface area contributed by atoms with Crippen molar-refractivity contribution in [2.75, 3.05) is 16.2 Å². The normalized spacial score (nSPS) is 17.4. The summed E-state index contributed by atoms with van der Waals surface area (Å²) < 4.78 is 53.0. The van der Waals surface area contributed by atoms with Crippen molar-refractivity contribution in [3.63, 3.8) is 0 Å². The van der Waals surface area contributed by atoms with Crippen molar-refractivity contribution < 1.29 is 16.8 Å². The highest BCUT2D eigenvalue weighted by Crippen LogP contribution is 2.36. The van der Waals surface area contributed by atoms with Gasteiger partial charge in [0.25, 0.3) is 0 Å². The van der Waals surface area contributed by atoms with Gasteiger partial charge < -0.3 is 0 Å². The molecule has 0 amide bonds. The van der Waals surface area contributed by atoms with E-state index in [1.54, 1.807) is 38.1 Å². The number of anilines is 1. The van der Waals surface area contributed by atoms with E-state index < -0.39 is 26.1 Å². The molecule has 0 spiro atoms. The van der Waals surface area contributed by atoms with E-state index in [0.29, 0.717) is 23.4 Å². The molecule has 9 heteroatoms. The minimum absolute atomic E-state index is 0.0587. The van der Waals surface area contributed by atoms with Crippen LogP contribution in [0.1, 0.15) is 37.4 Å². The Bertz CT molecular complexity index is 1080. The molecule has 0 unspecified atom stereocenters. The highest BCUT2D eigenvalue weighted by atomic mass is 32.2. The van der Waals surface area contributed by atoms with Crippen LogP contribution in [0.3, 0.4) is 0 Å². The smallest absolute Gasteiger partial charge is 0.250 e. The lowest BCUT2D eigenvalue weighted by Crippen LogP contribution is -2.28. The number of sulfonamides is 2. The molecule has 0 bridgehead atoms. The zero-order chi connectivity index (χ0) is 20.4. The number of para-hydroxylation sites is 1. The first kappa shape index (κ1) is 20.3. The number of hydrazone groups is 1.